The summed E-state index contributed by atoms with van der Waals surface area (Å²) in [6.45, 7) is 7.17. The number of pyridine rings is 1. The molecule has 2 saturated heterocycles. The number of fused-ring (bicyclic) bond motifs is 2. The molecule has 0 N–H and O–H groups in total. The monoisotopic (exact) mass is 491 g/mol. The Morgan fingerprint density at radius 3 is 2.38 bits per heavy atom. The molecule has 3 atom stereocenters. The van der Waals surface area contributed by atoms with Crippen molar-refractivity contribution in [3.8, 4) is 17.5 Å². The highest BCUT2D eigenvalue weighted by Gasteiger charge is 2.45. The predicted octanol–water partition coefficient (Wildman–Crippen LogP) is 4.07. The van der Waals surface area contributed by atoms with E-state index in [1.807, 2.05) is 18.7 Å². The van der Waals surface area contributed by atoms with Crippen molar-refractivity contribution in [2.24, 2.45) is 0 Å². The fraction of sp³-hybridized carbons (Fsp3) is 0.565. The van der Waals surface area contributed by atoms with Gasteiger partial charge in [0.1, 0.15) is 17.5 Å². The van der Waals surface area contributed by atoms with Crippen molar-refractivity contribution in [2.45, 2.75) is 90.1 Å². The number of carbonyl (C=O) groups excluding carboxylic acids is 1. The number of aromatic nitrogens is 3. The Balaban J connectivity index is 0.00000324. The molecule has 0 aliphatic carbocycles. The minimum absolute atomic E-state index is 0. The number of aryl methyl sites for hydroxylation is 1. The number of ether oxygens (including phenoxy) is 3. The SMILES string of the molecule is C.Cc1nc(S(=O)[O-])ccc1Oc1ncnc(OC2C[C@@H]3CC[C@@H](C2)N3C(=O)OC(C)C)c1C. The van der Waals surface area contributed by atoms with E-state index in [1.54, 1.807) is 19.9 Å². The van der Waals surface area contributed by atoms with Crippen LogP contribution in [0.3, 0.4) is 0 Å². The molecule has 4 heterocycles. The number of hydrogen-bond acceptors (Lipinski definition) is 9. The molecule has 0 saturated carbocycles. The van der Waals surface area contributed by atoms with Crippen LogP contribution in [0, 0.1) is 13.8 Å². The molecular formula is C23H31N4O6S-. The summed E-state index contributed by atoms with van der Waals surface area (Å²) in [6, 6.07) is 3.10. The van der Waals surface area contributed by atoms with Crippen molar-refractivity contribution in [3.05, 3.63) is 29.7 Å². The Kier molecular flexibility index (Phi) is 8.09. The Morgan fingerprint density at radius 1 is 1.15 bits per heavy atom. The molecule has 1 unspecified atom stereocenters. The summed E-state index contributed by atoms with van der Waals surface area (Å²) in [6.07, 6.45) is 4.18. The van der Waals surface area contributed by atoms with Crippen LogP contribution in [0.25, 0.3) is 0 Å². The van der Waals surface area contributed by atoms with E-state index in [1.165, 1.54) is 12.4 Å². The smallest absolute Gasteiger partial charge is 0.410 e. The van der Waals surface area contributed by atoms with Gasteiger partial charge >= 0.3 is 6.09 Å². The van der Waals surface area contributed by atoms with E-state index in [0.29, 0.717) is 41.6 Å². The molecule has 0 radical (unpaired) electrons. The lowest BCUT2D eigenvalue weighted by molar-refractivity contribution is 0.0206. The van der Waals surface area contributed by atoms with Gasteiger partial charge in [-0.15, -0.1) is 0 Å². The van der Waals surface area contributed by atoms with Crippen molar-refractivity contribution >= 4 is 17.2 Å². The molecule has 186 valence electrons. The fourth-order valence-electron chi connectivity index (χ4n) is 4.41. The average molecular weight is 492 g/mol. The molecule has 2 aromatic heterocycles. The van der Waals surface area contributed by atoms with Gasteiger partial charge in [0.05, 0.1) is 17.4 Å². The molecule has 11 heteroatoms. The zero-order valence-electron chi connectivity index (χ0n) is 19.0. The van der Waals surface area contributed by atoms with Gasteiger partial charge in [-0.05, 0) is 63.7 Å². The van der Waals surface area contributed by atoms with E-state index in [2.05, 4.69) is 15.0 Å². The first-order chi connectivity index (χ1) is 15.7. The number of piperidine rings is 1. The highest BCUT2D eigenvalue weighted by molar-refractivity contribution is 7.79. The van der Waals surface area contributed by atoms with Crippen LogP contribution in [-0.2, 0) is 15.8 Å². The van der Waals surface area contributed by atoms with Gasteiger partial charge in [-0.25, -0.2) is 19.7 Å². The maximum absolute atomic E-state index is 12.5. The molecule has 2 aliphatic rings. The van der Waals surface area contributed by atoms with Crippen LogP contribution < -0.4 is 9.47 Å². The molecule has 10 nitrogen and oxygen atoms in total. The van der Waals surface area contributed by atoms with Crippen LogP contribution in [0.4, 0.5) is 4.79 Å². The zero-order chi connectivity index (χ0) is 23.7. The molecule has 0 aromatic carbocycles. The van der Waals surface area contributed by atoms with Crippen LogP contribution in [-0.4, -0.2) is 59.0 Å². The Bertz CT molecular complexity index is 1050. The molecule has 2 fully saturated rings. The third-order valence-corrected chi connectivity index (χ3v) is 6.47. The largest absolute Gasteiger partial charge is 0.767 e. The number of rotatable bonds is 6. The van der Waals surface area contributed by atoms with Crippen molar-refractivity contribution in [1.82, 2.24) is 19.9 Å². The number of amides is 1. The van der Waals surface area contributed by atoms with Crippen molar-refractivity contribution in [3.63, 3.8) is 0 Å². The molecule has 34 heavy (non-hydrogen) atoms. The Morgan fingerprint density at radius 2 is 1.79 bits per heavy atom. The highest BCUT2D eigenvalue weighted by atomic mass is 32.2. The van der Waals surface area contributed by atoms with Crippen molar-refractivity contribution in [1.29, 1.82) is 0 Å². The minimum atomic E-state index is -2.41. The van der Waals surface area contributed by atoms with Gasteiger partial charge < -0.3 is 23.7 Å². The van der Waals surface area contributed by atoms with E-state index in [-0.39, 0.29) is 42.8 Å². The molecule has 2 aromatic rings. The van der Waals surface area contributed by atoms with Crippen LogP contribution >= 0.6 is 0 Å². The normalized spacial score (nSPS) is 22.2. The van der Waals surface area contributed by atoms with Gasteiger partial charge in [-0.2, -0.15) is 0 Å². The first-order valence-electron chi connectivity index (χ1n) is 10.9. The molecule has 4 rings (SSSR count). The first kappa shape index (κ1) is 25.8. The summed E-state index contributed by atoms with van der Waals surface area (Å²) < 4.78 is 39.7. The highest BCUT2D eigenvalue weighted by Crippen LogP contribution is 2.38. The molecule has 1 amide bonds. The van der Waals surface area contributed by atoms with E-state index in [0.717, 1.165) is 12.8 Å². The lowest BCUT2D eigenvalue weighted by atomic mass is 10.0. The maximum atomic E-state index is 12.5. The topological polar surface area (TPSA) is 127 Å². The van der Waals surface area contributed by atoms with Crippen LogP contribution in [0.2, 0.25) is 0 Å². The van der Waals surface area contributed by atoms with Crippen LogP contribution in [0.1, 0.15) is 58.2 Å². The standard InChI is InChI=1S/C22H28N4O6S.CH4/c1-12(2)30-22(27)26-15-5-6-16(26)10-17(9-15)31-20-13(3)21(24-11-23-20)32-18-7-8-19(33(28)29)25-14(18)4;/h7-8,11-12,15-17H,5-6,9-10H2,1-4H3,(H,28,29);1H4/p-1/t15-,16-;/m0./s1. The minimum Gasteiger partial charge on any atom is -0.767 e. The average Bonchev–Trinajstić information content (AvgIpc) is 3.02. The van der Waals surface area contributed by atoms with E-state index >= 15 is 0 Å². The summed E-state index contributed by atoms with van der Waals surface area (Å²) in [4.78, 5) is 26.9. The Hall–Kier alpha value is -2.79. The van der Waals surface area contributed by atoms with Gasteiger partial charge in [-0.3, -0.25) is 4.21 Å². The fourth-order valence-corrected chi connectivity index (χ4v) is 4.80. The summed E-state index contributed by atoms with van der Waals surface area (Å²) in [5.41, 5.74) is 1.05. The van der Waals surface area contributed by atoms with Crippen LogP contribution in [0.15, 0.2) is 23.5 Å². The molecular weight excluding hydrogens is 460 g/mol. The van der Waals surface area contributed by atoms with Gasteiger partial charge in [0, 0.05) is 24.9 Å². The van der Waals surface area contributed by atoms with E-state index in [4.69, 9.17) is 14.2 Å². The number of nitrogens with zero attached hydrogens (tertiary/aromatic N) is 4. The second-order valence-electron chi connectivity index (χ2n) is 8.61. The molecule has 2 bridgehead atoms. The van der Waals surface area contributed by atoms with Gasteiger partial charge in [0.25, 0.3) is 0 Å². The van der Waals surface area contributed by atoms with E-state index < -0.39 is 11.1 Å². The van der Waals surface area contributed by atoms with Gasteiger partial charge in [0.2, 0.25) is 11.8 Å². The third kappa shape index (κ3) is 5.47. The summed E-state index contributed by atoms with van der Waals surface area (Å²) in [5.74, 6) is 1.12. The van der Waals surface area contributed by atoms with Crippen molar-refractivity contribution < 1.29 is 27.8 Å². The number of hydrogen-bond donors (Lipinski definition) is 0. The lowest BCUT2D eigenvalue weighted by Gasteiger charge is -2.38. The Labute approximate surface area is 202 Å². The van der Waals surface area contributed by atoms with Crippen LogP contribution in [0.5, 0.6) is 17.5 Å². The summed E-state index contributed by atoms with van der Waals surface area (Å²) >= 11 is -2.41. The predicted molar refractivity (Wildman–Crippen MR) is 124 cm³/mol. The lowest BCUT2D eigenvalue weighted by Crippen LogP contribution is -2.50. The summed E-state index contributed by atoms with van der Waals surface area (Å²) in [7, 11) is 0. The third-order valence-electron chi connectivity index (χ3n) is 5.90. The second kappa shape index (κ2) is 10.6. The van der Waals surface area contributed by atoms with E-state index in [9.17, 15) is 13.6 Å². The quantitative estimate of drug-likeness (QED) is 0.549. The molecule has 0 spiro atoms. The number of carbonyl (C=O) groups is 1. The van der Waals surface area contributed by atoms with Gasteiger partial charge in [0.15, 0.2) is 5.75 Å². The van der Waals surface area contributed by atoms with Gasteiger partial charge in [-0.1, -0.05) is 7.43 Å². The second-order valence-corrected chi connectivity index (χ2v) is 9.50. The van der Waals surface area contributed by atoms with Crippen molar-refractivity contribution in [2.75, 3.05) is 0 Å². The summed E-state index contributed by atoms with van der Waals surface area (Å²) in [5, 5.41) is -0.0541. The first-order valence-corrected chi connectivity index (χ1v) is 12.0. The zero-order valence-corrected chi connectivity index (χ0v) is 19.8. The maximum Gasteiger partial charge on any atom is 0.410 e. The molecule has 2 aliphatic heterocycles.